The molecule has 3 N–H and O–H groups in total. The van der Waals surface area contributed by atoms with Crippen molar-refractivity contribution in [3.8, 4) is 0 Å². The first-order chi connectivity index (χ1) is 14.0. The van der Waals surface area contributed by atoms with Gasteiger partial charge in [0.15, 0.2) is 17.5 Å². The fourth-order valence-corrected chi connectivity index (χ4v) is 9.54. The Morgan fingerprint density at radius 3 is 1.00 bits per heavy atom. The highest BCUT2D eigenvalue weighted by molar-refractivity contribution is 7.77. The van der Waals surface area contributed by atoms with E-state index in [0.29, 0.717) is 19.3 Å². The lowest BCUT2D eigenvalue weighted by Crippen LogP contribution is -2.34. The summed E-state index contributed by atoms with van der Waals surface area (Å²) in [5.74, 6) is -1.60. The molecule has 0 heterocycles. The van der Waals surface area contributed by atoms with E-state index in [1.54, 1.807) is 0 Å². The van der Waals surface area contributed by atoms with Gasteiger partial charge in [-0.1, -0.05) is 105 Å². The van der Waals surface area contributed by atoms with Crippen LogP contribution in [0.5, 0.6) is 0 Å². The SMILES string of the molecule is CCCCCCCCCCCCCCCC[P+](C(O)CC)(C(O)CC)C(O)CC. The van der Waals surface area contributed by atoms with Crippen LogP contribution in [0.4, 0.5) is 0 Å². The number of rotatable bonds is 21. The molecule has 3 nitrogen and oxygen atoms in total. The summed E-state index contributed by atoms with van der Waals surface area (Å²) in [7, 11) is -2.19. The van der Waals surface area contributed by atoms with Crippen molar-refractivity contribution in [1.82, 2.24) is 0 Å². The van der Waals surface area contributed by atoms with Gasteiger partial charge in [-0.15, -0.1) is 0 Å². The molecular formula is C25H54O3P+. The van der Waals surface area contributed by atoms with E-state index in [9.17, 15) is 15.3 Å². The normalized spacial score (nSPS) is 17.1. The third kappa shape index (κ3) is 11.5. The summed E-state index contributed by atoms with van der Waals surface area (Å²) >= 11 is 0. The van der Waals surface area contributed by atoms with Gasteiger partial charge in [-0.2, -0.15) is 0 Å². The Bertz CT molecular complexity index is 324. The first-order valence-electron chi connectivity index (χ1n) is 12.9. The lowest BCUT2D eigenvalue weighted by Gasteiger charge is -2.38. The van der Waals surface area contributed by atoms with Crippen LogP contribution in [-0.2, 0) is 0 Å². The van der Waals surface area contributed by atoms with Crippen LogP contribution in [0.15, 0.2) is 0 Å². The van der Waals surface area contributed by atoms with Crippen molar-refractivity contribution in [2.24, 2.45) is 0 Å². The standard InChI is InChI=1S/C25H54O3P/c1-5-9-10-11-12-13-14-15-16-17-18-19-20-21-22-29(23(26)6-2,24(27)7-3)25(28)8-4/h23-28H,5-22H2,1-4H3/q+1. The van der Waals surface area contributed by atoms with E-state index in [1.807, 2.05) is 20.8 Å². The van der Waals surface area contributed by atoms with Gasteiger partial charge >= 0.3 is 0 Å². The lowest BCUT2D eigenvalue weighted by atomic mass is 10.0. The van der Waals surface area contributed by atoms with E-state index >= 15 is 0 Å². The molecule has 29 heavy (non-hydrogen) atoms. The molecule has 3 unspecified atom stereocenters. The first-order valence-corrected chi connectivity index (χ1v) is 15.1. The summed E-state index contributed by atoms with van der Waals surface area (Å²) in [6, 6.07) is 0. The van der Waals surface area contributed by atoms with Crippen molar-refractivity contribution in [2.45, 2.75) is 154 Å². The van der Waals surface area contributed by atoms with Gasteiger partial charge < -0.3 is 15.3 Å². The smallest absolute Gasteiger partial charge is 0.169 e. The third-order valence-corrected chi connectivity index (χ3v) is 12.2. The molecule has 0 aliphatic heterocycles. The molecule has 0 saturated carbocycles. The van der Waals surface area contributed by atoms with E-state index in [1.165, 1.54) is 77.0 Å². The van der Waals surface area contributed by atoms with Crippen LogP contribution in [0.3, 0.4) is 0 Å². The van der Waals surface area contributed by atoms with Gasteiger partial charge in [0.25, 0.3) is 0 Å². The topological polar surface area (TPSA) is 60.7 Å². The molecule has 0 amide bonds. The molecule has 0 aliphatic carbocycles. The number of aliphatic hydroxyl groups is 3. The molecule has 0 fully saturated rings. The largest absolute Gasteiger partial charge is 0.359 e. The average Bonchev–Trinajstić information content (AvgIpc) is 2.75. The second-order valence-corrected chi connectivity index (χ2v) is 13.2. The Hall–Kier alpha value is 0.310. The fraction of sp³-hybridized carbons (Fsp3) is 1.00. The quantitative estimate of drug-likeness (QED) is 0.128. The molecule has 0 spiro atoms. The second-order valence-electron chi connectivity index (χ2n) is 8.98. The van der Waals surface area contributed by atoms with Crippen LogP contribution in [0.25, 0.3) is 0 Å². The van der Waals surface area contributed by atoms with E-state index < -0.39 is 24.8 Å². The minimum Gasteiger partial charge on any atom is -0.359 e. The molecule has 3 atom stereocenters. The summed E-state index contributed by atoms with van der Waals surface area (Å²) < 4.78 is 0. The number of hydrogen-bond donors (Lipinski definition) is 3. The maximum absolute atomic E-state index is 10.7. The highest BCUT2D eigenvalue weighted by Gasteiger charge is 2.54. The van der Waals surface area contributed by atoms with Crippen molar-refractivity contribution in [3.05, 3.63) is 0 Å². The summed E-state index contributed by atoms with van der Waals surface area (Å²) in [4.78, 5) is 0. The zero-order valence-electron chi connectivity index (χ0n) is 20.2. The van der Waals surface area contributed by atoms with Gasteiger partial charge in [0, 0.05) is 19.3 Å². The van der Waals surface area contributed by atoms with Gasteiger partial charge in [-0.3, -0.25) is 0 Å². The van der Waals surface area contributed by atoms with E-state index in [0.717, 1.165) is 19.0 Å². The summed E-state index contributed by atoms with van der Waals surface area (Å²) in [6.45, 7) is 8.18. The molecule has 0 rings (SSSR count). The Kier molecular flexibility index (Phi) is 19.2. The highest BCUT2D eigenvalue weighted by Crippen LogP contribution is 2.71. The van der Waals surface area contributed by atoms with Crippen LogP contribution < -0.4 is 0 Å². The molecule has 0 aromatic carbocycles. The van der Waals surface area contributed by atoms with Crippen molar-refractivity contribution < 1.29 is 15.3 Å². The molecule has 176 valence electrons. The van der Waals surface area contributed by atoms with Crippen LogP contribution in [0.2, 0.25) is 0 Å². The molecule has 0 saturated heterocycles. The van der Waals surface area contributed by atoms with Gasteiger partial charge in [0.05, 0.1) is 6.16 Å². The Labute approximate surface area is 183 Å². The highest BCUT2D eigenvalue weighted by atomic mass is 31.2. The maximum atomic E-state index is 10.7. The van der Waals surface area contributed by atoms with E-state index in [-0.39, 0.29) is 0 Å². The summed E-state index contributed by atoms with van der Waals surface area (Å²) in [6.07, 6.45) is 21.3. The Balaban J connectivity index is 3.99. The molecule has 0 aliphatic rings. The van der Waals surface area contributed by atoms with Crippen molar-refractivity contribution >= 4 is 7.26 Å². The number of aliphatic hydroxyl groups excluding tert-OH is 3. The Morgan fingerprint density at radius 1 is 0.448 bits per heavy atom. The van der Waals surface area contributed by atoms with E-state index in [2.05, 4.69) is 6.92 Å². The summed E-state index contributed by atoms with van der Waals surface area (Å²) in [5.41, 5.74) is 0. The molecule has 0 radical (unpaired) electrons. The van der Waals surface area contributed by atoms with Crippen LogP contribution >= 0.6 is 7.26 Å². The van der Waals surface area contributed by atoms with Gasteiger partial charge in [-0.05, 0) is 12.8 Å². The minimum absolute atomic E-state index is 0.533. The minimum atomic E-state index is -2.19. The zero-order chi connectivity index (χ0) is 22.0. The predicted octanol–water partition coefficient (Wildman–Crippen LogP) is 7.67. The number of unbranched alkanes of at least 4 members (excludes halogenated alkanes) is 13. The molecule has 4 heteroatoms. The Morgan fingerprint density at radius 2 is 0.724 bits per heavy atom. The van der Waals surface area contributed by atoms with Crippen LogP contribution in [0, 0.1) is 0 Å². The van der Waals surface area contributed by atoms with Crippen LogP contribution in [0.1, 0.15) is 137 Å². The molecular weight excluding hydrogens is 379 g/mol. The second kappa shape index (κ2) is 19.0. The summed E-state index contributed by atoms with van der Waals surface area (Å²) in [5, 5.41) is 32.1. The first kappa shape index (κ1) is 29.3. The molecule has 0 aromatic rings. The van der Waals surface area contributed by atoms with Crippen molar-refractivity contribution in [3.63, 3.8) is 0 Å². The van der Waals surface area contributed by atoms with Gasteiger partial charge in [0.1, 0.15) is 7.26 Å². The fourth-order valence-electron chi connectivity index (χ4n) is 4.64. The lowest BCUT2D eigenvalue weighted by molar-refractivity contribution is 0.178. The van der Waals surface area contributed by atoms with Crippen LogP contribution in [-0.4, -0.2) is 39.0 Å². The van der Waals surface area contributed by atoms with Gasteiger partial charge in [0.2, 0.25) is 0 Å². The average molecular weight is 434 g/mol. The molecule has 0 bridgehead atoms. The number of hydrogen-bond acceptors (Lipinski definition) is 3. The van der Waals surface area contributed by atoms with E-state index in [4.69, 9.17) is 0 Å². The zero-order valence-corrected chi connectivity index (χ0v) is 21.1. The van der Waals surface area contributed by atoms with Crippen molar-refractivity contribution in [1.29, 1.82) is 0 Å². The monoisotopic (exact) mass is 433 g/mol. The maximum Gasteiger partial charge on any atom is 0.169 e. The third-order valence-electron chi connectivity index (χ3n) is 6.66. The molecule has 0 aromatic heterocycles. The predicted molar refractivity (Wildman–Crippen MR) is 131 cm³/mol. The van der Waals surface area contributed by atoms with Crippen molar-refractivity contribution in [2.75, 3.05) is 6.16 Å². The van der Waals surface area contributed by atoms with Gasteiger partial charge in [-0.25, -0.2) is 0 Å².